The molecule has 0 aliphatic heterocycles. The summed E-state index contributed by atoms with van der Waals surface area (Å²) in [7, 11) is 1.68. The van der Waals surface area contributed by atoms with E-state index >= 15 is 0 Å². The van der Waals surface area contributed by atoms with E-state index in [0.29, 0.717) is 12.5 Å². The highest BCUT2D eigenvalue weighted by atomic mass is 16.5. The maximum Gasteiger partial charge on any atom is 0.123 e. The molecule has 0 saturated heterocycles. The van der Waals surface area contributed by atoms with E-state index < -0.39 is 0 Å². The van der Waals surface area contributed by atoms with Crippen molar-refractivity contribution in [1.82, 2.24) is 5.32 Å². The molecule has 0 aromatic heterocycles. The van der Waals surface area contributed by atoms with Gasteiger partial charge in [0.2, 0.25) is 0 Å². The van der Waals surface area contributed by atoms with Crippen molar-refractivity contribution in [3.8, 4) is 11.8 Å². The minimum absolute atomic E-state index is 0.172. The monoisotopic (exact) mass is 232 g/mol. The molecule has 1 rings (SSSR count). The fourth-order valence-corrected chi connectivity index (χ4v) is 1.91. The number of nitrogens with zero attached hydrogens (tertiary/aromatic N) is 1. The average molecular weight is 232 g/mol. The molecule has 17 heavy (non-hydrogen) atoms. The Balaban J connectivity index is 2.91. The van der Waals surface area contributed by atoms with Gasteiger partial charge in [0.25, 0.3) is 0 Å². The van der Waals surface area contributed by atoms with Crippen LogP contribution in [0.25, 0.3) is 0 Å². The van der Waals surface area contributed by atoms with Gasteiger partial charge in [0, 0.05) is 11.6 Å². The van der Waals surface area contributed by atoms with Gasteiger partial charge in [-0.15, -0.1) is 0 Å². The van der Waals surface area contributed by atoms with Crippen LogP contribution < -0.4 is 10.1 Å². The Bertz CT molecular complexity index is 382. The predicted octanol–water partition coefficient (Wildman–Crippen LogP) is 2.90. The number of benzene rings is 1. The number of hydrogen-bond donors (Lipinski definition) is 1. The highest BCUT2D eigenvalue weighted by Gasteiger charge is 2.16. The summed E-state index contributed by atoms with van der Waals surface area (Å²) in [5.74, 6) is 1.44. The molecule has 0 bridgehead atoms. The Morgan fingerprint density at radius 1 is 1.35 bits per heavy atom. The van der Waals surface area contributed by atoms with Gasteiger partial charge in [0.05, 0.1) is 19.7 Å². The number of para-hydroxylation sites is 1. The van der Waals surface area contributed by atoms with Crippen LogP contribution >= 0.6 is 0 Å². The van der Waals surface area contributed by atoms with Crippen LogP contribution in [0.2, 0.25) is 0 Å². The predicted molar refractivity (Wildman–Crippen MR) is 68.8 cm³/mol. The molecule has 0 spiro atoms. The van der Waals surface area contributed by atoms with E-state index in [9.17, 15) is 0 Å². The van der Waals surface area contributed by atoms with Crippen molar-refractivity contribution < 1.29 is 4.74 Å². The maximum atomic E-state index is 8.68. The van der Waals surface area contributed by atoms with Crippen LogP contribution in [0.5, 0.6) is 5.75 Å². The van der Waals surface area contributed by atoms with Crippen LogP contribution in [0.4, 0.5) is 0 Å². The van der Waals surface area contributed by atoms with Crippen molar-refractivity contribution in [3.05, 3.63) is 29.8 Å². The molecule has 0 amide bonds. The fourth-order valence-electron chi connectivity index (χ4n) is 1.91. The second kappa shape index (κ2) is 6.93. The number of rotatable bonds is 6. The maximum absolute atomic E-state index is 8.68. The number of ether oxygens (including phenoxy) is 1. The first-order chi connectivity index (χ1) is 8.19. The van der Waals surface area contributed by atoms with Crippen LogP contribution in [-0.2, 0) is 0 Å². The van der Waals surface area contributed by atoms with Gasteiger partial charge in [0.15, 0.2) is 0 Å². The van der Waals surface area contributed by atoms with Crippen LogP contribution in [0.3, 0.4) is 0 Å². The lowest BCUT2D eigenvalue weighted by Gasteiger charge is -2.21. The average Bonchev–Trinajstić information content (AvgIpc) is 2.34. The first kappa shape index (κ1) is 13.5. The summed E-state index contributed by atoms with van der Waals surface area (Å²) >= 11 is 0. The molecule has 0 saturated carbocycles. The Hall–Kier alpha value is -1.53. The molecule has 0 aliphatic carbocycles. The van der Waals surface area contributed by atoms with E-state index in [2.05, 4.69) is 31.3 Å². The van der Waals surface area contributed by atoms with Crippen molar-refractivity contribution >= 4 is 0 Å². The van der Waals surface area contributed by atoms with E-state index in [-0.39, 0.29) is 6.04 Å². The van der Waals surface area contributed by atoms with Crippen molar-refractivity contribution in [2.45, 2.75) is 26.3 Å². The molecule has 3 nitrogen and oxygen atoms in total. The smallest absolute Gasteiger partial charge is 0.123 e. The van der Waals surface area contributed by atoms with Crippen LogP contribution in [0.1, 0.15) is 31.9 Å². The third kappa shape index (κ3) is 4.08. The number of methoxy groups -OCH3 is 1. The van der Waals surface area contributed by atoms with Gasteiger partial charge in [-0.1, -0.05) is 32.0 Å². The fraction of sp³-hybridized carbons (Fsp3) is 0.500. The molecule has 1 N–H and O–H groups in total. The summed E-state index contributed by atoms with van der Waals surface area (Å²) in [6, 6.07) is 10.3. The highest BCUT2D eigenvalue weighted by molar-refractivity contribution is 5.36. The van der Waals surface area contributed by atoms with E-state index in [1.54, 1.807) is 7.11 Å². The molecule has 92 valence electrons. The van der Waals surface area contributed by atoms with E-state index in [4.69, 9.17) is 10.00 Å². The third-order valence-electron chi connectivity index (χ3n) is 2.65. The zero-order valence-corrected chi connectivity index (χ0v) is 10.7. The molecule has 1 atom stereocenters. The largest absolute Gasteiger partial charge is 0.496 e. The summed E-state index contributed by atoms with van der Waals surface area (Å²) in [6.45, 7) is 4.71. The van der Waals surface area contributed by atoms with Gasteiger partial charge in [0.1, 0.15) is 5.75 Å². The van der Waals surface area contributed by atoms with Crippen LogP contribution in [0.15, 0.2) is 24.3 Å². The van der Waals surface area contributed by atoms with Gasteiger partial charge in [-0.3, -0.25) is 5.32 Å². The minimum atomic E-state index is 0.172. The Morgan fingerprint density at radius 2 is 2.06 bits per heavy atom. The molecule has 0 radical (unpaired) electrons. The van der Waals surface area contributed by atoms with Gasteiger partial charge in [-0.2, -0.15) is 5.26 Å². The first-order valence-corrected chi connectivity index (χ1v) is 5.92. The van der Waals surface area contributed by atoms with Crippen molar-refractivity contribution in [1.29, 1.82) is 5.26 Å². The zero-order chi connectivity index (χ0) is 12.7. The summed E-state index contributed by atoms with van der Waals surface area (Å²) in [5.41, 5.74) is 1.12. The summed E-state index contributed by atoms with van der Waals surface area (Å²) in [6.07, 6.45) is 0.988. The number of nitrogens with one attached hydrogen (secondary N) is 1. The zero-order valence-electron chi connectivity index (χ0n) is 10.7. The van der Waals surface area contributed by atoms with Gasteiger partial charge < -0.3 is 4.74 Å². The Labute approximate surface area is 103 Å². The Kier molecular flexibility index (Phi) is 5.51. The second-order valence-electron chi connectivity index (χ2n) is 4.46. The van der Waals surface area contributed by atoms with Crippen LogP contribution in [-0.4, -0.2) is 13.7 Å². The molecular formula is C14H20N2O. The molecule has 0 aliphatic rings. The summed E-state index contributed by atoms with van der Waals surface area (Å²) < 4.78 is 5.36. The SMILES string of the molecule is COc1ccccc1[C@H](CC(C)C)NCC#N. The van der Waals surface area contributed by atoms with E-state index in [0.717, 1.165) is 17.7 Å². The molecule has 1 aromatic rings. The molecular weight excluding hydrogens is 212 g/mol. The van der Waals surface area contributed by atoms with Crippen molar-refractivity contribution in [2.75, 3.05) is 13.7 Å². The number of hydrogen-bond acceptors (Lipinski definition) is 3. The lowest BCUT2D eigenvalue weighted by Crippen LogP contribution is -2.23. The minimum Gasteiger partial charge on any atom is -0.496 e. The molecule has 0 fully saturated rings. The van der Waals surface area contributed by atoms with Crippen molar-refractivity contribution in [3.63, 3.8) is 0 Å². The second-order valence-corrected chi connectivity index (χ2v) is 4.46. The topological polar surface area (TPSA) is 45.0 Å². The highest BCUT2D eigenvalue weighted by Crippen LogP contribution is 2.28. The summed E-state index contributed by atoms with van der Waals surface area (Å²) in [5, 5.41) is 11.9. The molecule has 0 heterocycles. The van der Waals surface area contributed by atoms with E-state index in [1.165, 1.54) is 0 Å². The molecule has 1 aromatic carbocycles. The standard InChI is InChI=1S/C14H20N2O/c1-11(2)10-13(16-9-8-15)12-6-4-5-7-14(12)17-3/h4-7,11,13,16H,9-10H2,1-3H3/t13-/m0/s1. The molecule has 3 heteroatoms. The normalized spacial score (nSPS) is 12.2. The number of nitriles is 1. The third-order valence-corrected chi connectivity index (χ3v) is 2.65. The van der Waals surface area contributed by atoms with Gasteiger partial charge in [-0.25, -0.2) is 0 Å². The Morgan fingerprint density at radius 3 is 2.65 bits per heavy atom. The van der Waals surface area contributed by atoms with Gasteiger partial charge in [-0.05, 0) is 18.4 Å². The first-order valence-electron chi connectivity index (χ1n) is 5.92. The molecule has 0 unspecified atom stereocenters. The quantitative estimate of drug-likeness (QED) is 0.767. The van der Waals surface area contributed by atoms with E-state index in [1.807, 2.05) is 18.2 Å². The van der Waals surface area contributed by atoms with Crippen molar-refractivity contribution in [2.24, 2.45) is 5.92 Å². The van der Waals surface area contributed by atoms with Crippen LogP contribution in [0, 0.1) is 17.2 Å². The van der Waals surface area contributed by atoms with Gasteiger partial charge >= 0.3 is 0 Å². The summed E-state index contributed by atoms with van der Waals surface area (Å²) in [4.78, 5) is 0. The lowest BCUT2D eigenvalue weighted by atomic mass is 9.96. The lowest BCUT2D eigenvalue weighted by molar-refractivity contribution is 0.386.